The molecule has 2 aliphatic rings. The van der Waals surface area contributed by atoms with Crippen molar-refractivity contribution in [3.05, 3.63) is 53.1 Å². The third-order valence-corrected chi connectivity index (χ3v) is 9.52. The van der Waals surface area contributed by atoms with Gasteiger partial charge in [-0.3, -0.25) is 0 Å². The minimum absolute atomic E-state index is 0.315. The molecule has 0 aromatic heterocycles. The first kappa shape index (κ1) is 29.2. The van der Waals surface area contributed by atoms with Crippen molar-refractivity contribution in [3.63, 3.8) is 0 Å². The number of fused-ring (bicyclic) bond motifs is 1. The van der Waals surface area contributed by atoms with Gasteiger partial charge in [0.15, 0.2) is 9.84 Å². The van der Waals surface area contributed by atoms with Crippen molar-refractivity contribution in [2.24, 2.45) is 0 Å². The van der Waals surface area contributed by atoms with Gasteiger partial charge in [-0.25, -0.2) is 22.0 Å². The summed E-state index contributed by atoms with van der Waals surface area (Å²) in [7, 11) is -3.66. The highest BCUT2D eigenvalue weighted by Crippen LogP contribution is 2.41. The van der Waals surface area contributed by atoms with Gasteiger partial charge in [-0.2, -0.15) is 0 Å². The lowest BCUT2D eigenvalue weighted by atomic mass is 9.82. The van der Waals surface area contributed by atoms with Gasteiger partial charge in [0.05, 0.1) is 11.0 Å². The highest BCUT2D eigenvalue weighted by molar-refractivity contribution is 7.91. The minimum Gasteiger partial charge on any atom is -0.487 e. The summed E-state index contributed by atoms with van der Waals surface area (Å²) in [5.74, 6) is -1.79. The molecule has 2 aromatic rings. The van der Waals surface area contributed by atoms with Gasteiger partial charge in [-0.05, 0) is 67.6 Å². The lowest BCUT2D eigenvalue weighted by molar-refractivity contribution is -0.0141. The molecule has 12 heteroatoms. The SMILES string of the molecule is CC(C)S(=O)(=O)Cc1c(F)cc(-c2ccc3c(c2)CCC2(CCN(C(=O)OCC(Cl)(Cl)Cl)CC2)O3)cc1F. The Kier molecular flexibility index (Phi) is 8.44. The highest BCUT2D eigenvalue weighted by Gasteiger charge is 2.41. The van der Waals surface area contributed by atoms with Crippen LogP contribution in [0.1, 0.15) is 44.2 Å². The van der Waals surface area contributed by atoms with E-state index in [2.05, 4.69) is 0 Å². The number of alkyl halides is 3. The van der Waals surface area contributed by atoms with E-state index in [1.165, 1.54) is 26.0 Å². The fourth-order valence-corrected chi connectivity index (χ4v) is 5.84. The summed E-state index contributed by atoms with van der Waals surface area (Å²) in [4.78, 5) is 13.8. The summed E-state index contributed by atoms with van der Waals surface area (Å²) >= 11 is 16.9. The summed E-state index contributed by atoms with van der Waals surface area (Å²) in [6.45, 7) is 3.49. The number of carbonyl (C=O) groups is 1. The molecule has 0 saturated carbocycles. The van der Waals surface area contributed by atoms with Crippen LogP contribution >= 0.6 is 34.8 Å². The summed E-state index contributed by atoms with van der Waals surface area (Å²) in [5, 5.41) is -0.737. The lowest BCUT2D eigenvalue weighted by Gasteiger charge is -2.44. The van der Waals surface area contributed by atoms with Gasteiger partial charge >= 0.3 is 6.09 Å². The van der Waals surface area contributed by atoms with Crippen molar-refractivity contribution in [1.82, 2.24) is 4.90 Å². The number of ether oxygens (including phenoxy) is 2. The number of benzene rings is 2. The van der Waals surface area contributed by atoms with E-state index in [9.17, 15) is 22.0 Å². The van der Waals surface area contributed by atoms with Crippen molar-refractivity contribution in [1.29, 1.82) is 0 Å². The summed E-state index contributed by atoms with van der Waals surface area (Å²) in [6.07, 6.45) is 2.08. The van der Waals surface area contributed by atoms with Crippen LogP contribution in [0.25, 0.3) is 11.1 Å². The molecule has 0 aliphatic carbocycles. The standard InChI is InChI=1S/C26H28Cl3F2NO5S/c1-16(2)38(34,35)14-20-21(30)12-19(13-22(20)31)17-3-4-23-18(11-17)5-6-25(37-23)7-9-32(10-8-25)24(33)36-15-26(27,28)29/h3-4,11-13,16H,5-10,14-15H2,1-2H3. The summed E-state index contributed by atoms with van der Waals surface area (Å²) in [5.41, 5.74) is 0.946. The number of piperidine rings is 1. The quantitative estimate of drug-likeness (QED) is 0.356. The Labute approximate surface area is 236 Å². The number of hydrogen-bond donors (Lipinski definition) is 0. The number of hydrogen-bond acceptors (Lipinski definition) is 5. The second-order valence-electron chi connectivity index (χ2n) is 10.0. The van der Waals surface area contributed by atoms with E-state index in [0.29, 0.717) is 49.2 Å². The van der Waals surface area contributed by atoms with Crippen LogP contribution in [0, 0.1) is 11.6 Å². The molecule has 208 valence electrons. The maximum absolute atomic E-state index is 14.8. The van der Waals surface area contributed by atoms with Crippen LogP contribution in [0.3, 0.4) is 0 Å². The molecule has 0 atom stereocenters. The van der Waals surface area contributed by atoms with Crippen LogP contribution in [-0.2, 0) is 26.7 Å². The topological polar surface area (TPSA) is 72.9 Å². The normalized spacial score (nSPS) is 17.3. The Hall–Kier alpha value is -1.81. The van der Waals surface area contributed by atoms with E-state index in [1.54, 1.807) is 17.0 Å². The van der Waals surface area contributed by atoms with Crippen molar-refractivity contribution in [2.45, 2.75) is 59.9 Å². The van der Waals surface area contributed by atoms with Gasteiger partial charge in [0.25, 0.3) is 0 Å². The molecule has 0 radical (unpaired) electrons. The zero-order valence-electron chi connectivity index (χ0n) is 20.9. The number of carbonyl (C=O) groups excluding carboxylic acids is 1. The molecular weight excluding hydrogens is 583 g/mol. The molecule has 2 aromatic carbocycles. The maximum atomic E-state index is 14.8. The second kappa shape index (κ2) is 11.0. The van der Waals surface area contributed by atoms with Gasteiger partial charge in [0.1, 0.15) is 29.6 Å². The van der Waals surface area contributed by atoms with E-state index in [-0.39, 0.29) is 6.61 Å². The number of halogens is 5. The van der Waals surface area contributed by atoms with Crippen molar-refractivity contribution in [2.75, 3.05) is 19.7 Å². The Balaban J connectivity index is 1.44. The predicted octanol–water partition coefficient (Wildman–Crippen LogP) is 6.62. The van der Waals surface area contributed by atoms with Crippen LogP contribution in [0.5, 0.6) is 5.75 Å². The molecule has 1 spiro atoms. The first-order valence-corrected chi connectivity index (χ1v) is 15.0. The van der Waals surface area contributed by atoms with Crippen molar-refractivity contribution >= 4 is 50.7 Å². The monoisotopic (exact) mass is 609 g/mol. The van der Waals surface area contributed by atoms with Gasteiger partial charge in [-0.15, -0.1) is 0 Å². The van der Waals surface area contributed by atoms with E-state index in [1.807, 2.05) is 6.07 Å². The van der Waals surface area contributed by atoms with Crippen molar-refractivity contribution < 1.29 is 31.5 Å². The molecule has 1 fully saturated rings. The molecule has 2 heterocycles. The summed E-state index contributed by atoms with van der Waals surface area (Å²) < 4.78 is 63.7. The Bertz CT molecular complexity index is 1300. The fourth-order valence-electron chi connectivity index (χ4n) is 4.66. The van der Waals surface area contributed by atoms with Gasteiger partial charge in [-0.1, -0.05) is 40.9 Å². The first-order chi connectivity index (χ1) is 17.7. The van der Waals surface area contributed by atoms with E-state index in [0.717, 1.165) is 12.0 Å². The first-order valence-electron chi connectivity index (χ1n) is 12.2. The zero-order valence-corrected chi connectivity index (χ0v) is 24.0. The third-order valence-electron chi connectivity index (χ3n) is 7.07. The smallest absolute Gasteiger partial charge is 0.409 e. The van der Waals surface area contributed by atoms with Crippen LogP contribution in [0.15, 0.2) is 30.3 Å². The number of aryl methyl sites for hydroxylation is 1. The molecule has 6 nitrogen and oxygen atoms in total. The van der Waals surface area contributed by atoms with Gasteiger partial charge in [0, 0.05) is 31.5 Å². The van der Waals surface area contributed by atoms with E-state index in [4.69, 9.17) is 44.3 Å². The molecule has 0 unspecified atom stereocenters. The maximum Gasteiger partial charge on any atom is 0.409 e. The molecule has 0 N–H and O–H groups in total. The van der Waals surface area contributed by atoms with Crippen LogP contribution in [-0.4, -0.2) is 53.8 Å². The molecule has 0 bridgehead atoms. The molecule has 1 amide bonds. The van der Waals surface area contributed by atoms with Crippen LogP contribution in [0.4, 0.5) is 13.6 Å². The average molecular weight is 611 g/mol. The molecule has 1 saturated heterocycles. The van der Waals surface area contributed by atoms with E-state index >= 15 is 0 Å². The molecule has 38 heavy (non-hydrogen) atoms. The largest absolute Gasteiger partial charge is 0.487 e. The lowest BCUT2D eigenvalue weighted by Crippen LogP contribution is -2.51. The molecule has 2 aliphatic heterocycles. The average Bonchev–Trinajstić information content (AvgIpc) is 2.84. The third kappa shape index (κ3) is 6.66. The number of likely N-dealkylation sites (tertiary alicyclic amines) is 1. The zero-order chi connectivity index (χ0) is 27.9. The fraction of sp³-hybridized carbons (Fsp3) is 0.500. The van der Waals surface area contributed by atoms with E-state index < -0.39 is 53.5 Å². The van der Waals surface area contributed by atoms with Crippen LogP contribution < -0.4 is 4.74 Å². The Morgan fingerprint density at radius 3 is 2.29 bits per heavy atom. The van der Waals surface area contributed by atoms with Gasteiger partial charge < -0.3 is 14.4 Å². The second-order valence-corrected chi connectivity index (χ2v) is 15.1. The number of rotatable bonds is 5. The predicted molar refractivity (Wildman–Crippen MR) is 144 cm³/mol. The van der Waals surface area contributed by atoms with Gasteiger partial charge in [0.2, 0.25) is 3.79 Å². The highest BCUT2D eigenvalue weighted by atomic mass is 35.6. The minimum atomic E-state index is -3.66. The Morgan fingerprint density at radius 2 is 1.71 bits per heavy atom. The molecular formula is C26H28Cl3F2NO5S. The molecule has 4 rings (SSSR count). The van der Waals surface area contributed by atoms with Crippen molar-refractivity contribution in [3.8, 4) is 16.9 Å². The summed E-state index contributed by atoms with van der Waals surface area (Å²) in [6, 6.07) is 7.67. The Morgan fingerprint density at radius 1 is 1.08 bits per heavy atom. The number of nitrogens with zero attached hydrogens (tertiary/aromatic N) is 1. The number of sulfone groups is 1. The number of amides is 1. The van der Waals surface area contributed by atoms with Crippen LogP contribution in [0.2, 0.25) is 0 Å².